The molecule has 2 saturated heterocycles. The van der Waals surface area contributed by atoms with Crippen LogP contribution >= 0.6 is 0 Å². The Balaban J connectivity index is 1.77. The molecule has 0 saturated carbocycles. The van der Waals surface area contributed by atoms with Crippen LogP contribution in [0.5, 0.6) is 0 Å². The van der Waals surface area contributed by atoms with Crippen LogP contribution in [0.4, 0.5) is 4.79 Å². The van der Waals surface area contributed by atoms with Crippen molar-refractivity contribution in [3.8, 4) is 0 Å². The second kappa shape index (κ2) is 6.45. The van der Waals surface area contributed by atoms with Gasteiger partial charge in [-0.15, -0.1) is 0 Å². The van der Waals surface area contributed by atoms with Gasteiger partial charge in [-0.05, 0) is 31.5 Å². The fraction of sp³-hybridized carbons (Fsp3) is 0.471. The number of ether oxygens (including phenoxy) is 1. The van der Waals surface area contributed by atoms with Gasteiger partial charge in [0.05, 0.1) is 18.8 Å². The Kier molecular flexibility index (Phi) is 4.49. The molecule has 0 spiro atoms. The van der Waals surface area contributed by atoms with Crippen molar-refractivity contribution in [1.29, 1.82) is 0 Å². The molecular formula is C17H21N3O5. The molecule has 0 aromatic heterocycles. The van der Waals surface area contributed by atoms with Crippen LogP contribution in [0.15, 0.2) is 24.3 Å². The molecule has 2 aliphatic rings. The van der Waals surface area contributed by atoms with Gasteiger partial charge in [0.1, 0.15) is 5.54 Å². The van der Waals surface area contributed by atoms with Crippen molar-refractivity contribution in [3.63, 3.8) is 0 Å². The second-order valence-corrected chi connectivity index (χ2v) is 6.57. The van der Waals surface area contributed by atoms with E-state index < -0.39 is 17.5 Å². The van der Waals surface area contributed by atoms with Gasteiger partial charge in [-0.3, -0.25) is 14.9 Å². The summed E-state index contributed by atoms with van der Waals surface area (Å²) in [5.74, 6) is -0.588. The van der Waals surface area contributed by atoms with Gasteiger partial charge < -0.3 is 20.1 Å². The van der Waals surface area contributed by atoms with Crippen molar-refractivity contribution in [2.24, 2.45) is 0 Å². The summed E-state index contributed by atoms with van der Waals surface area (Å²) in [5, 5.41) is 14.1. The molecule has 2 heterocycles. The first-order valence-corrected chi connectivity index (χ1v) is 8.13. The highest BCUT2D eigenvalue weighted by Gasteiger charge is 2.43. The summed E-state index contributed by atoms with van der Waals surface area (Å²) < 4.78 is 5.54. The third kappa shape index (κ3) is 3.22. The fourth-order valence-corrected chi connectivity index (χ4v) is 3.19. The van der Waals surface area contributed by atoms with E-state index in [1.54, 1.807) is 36.1 Å². The van der Waals surface area contributed by atoms with Crippen molar-refractivity contribution in [3.05, 3.63) is 35.4 Å². The van der Waals surface area contributed by atoms with Gasteiger partial charge in [-0.2, -0.15) is 0 Å². The Bertz CT molecular complexity index is 705. The van der Waals surface area contributed by atoms with Crippen molar-refractivity contribution in [2.45, 2.75) is 31.6 Å². The Labute approximate surface area is 145 Å². The summed E-state index contributed by atoms with van der Waals surface area (Å²) >= 11 is 0. The van der Waals surface area contributed by atoms with Gasteiger partial charge in [0.2, 0.25) is 0 Å². The lowest BCUT2D eigenvalue weighted by molar-refractivity contribution is -0.123. The molecule has 25 heavy (non-hydrogen) atoms. The molecule has 3 unspecified atom stereocenters. The van der Waals surface area contributed by atoms with Gasteiger partial charge >= 0.3 is 6.03 Å². The minimum absolute atomic E-state index is 0.139. The highest BCUT2D eigenvalue weighted by molar-refractivity contribution is 6.07. The van der Waals surface area contributed by atoms with Crippen LogP contribution < -0.4 is 10.6 Å². The number of aliphatic hydroxyl groups excluding tert-OH is 1. The molecule has 3 atom stereocenters. The first kappa shape index (κ1) is 17.4. The second-order valence-electron chi connectivity index (χ2n) is 6.57. The number of aliphatic hydroxyl groups is 1. The molecule has 8 heteroatoms. The average molecular weight is 347 g/mol. The van der Waals surface area contributed by atoms with E-state index in [4.69, 9.17) is 4.74 Å². The molecule has 4 amide bonds. The zero-order valence-electron chi connectivity index (χ0n) is 14.1. The lowest BCUT2D eigenvalue weighted by atomic mass is 9.91. The van der Waals surface area contributed by atoms with E-state index >= 15 is 0 Å². The molecule has 8 nitrogen and oxygen atoms in total. The van der Waals surface area contributed by atoms with Gasteiger partial charge in [-0.1, -0.05) is 12.1 Å². The Hall–Kier alpha value is -2.45. The smallest absolute Gasteiger partial charge is 0.322 e. The zero-order valence-corrected chi connectivity index (χ0v) is 14.1. The maximum absolute atomic E-state index is 12.7. The first-order valence-electron chi connectivity index (χ1n) is 8.13. The van der Waals surface area contributed by atoms with Crippen LogP contribution in [0.3, 0.4) is 0 Å². The van der Waals surface area contributed by atoms with Crippen molar-refractivity contribution >= 4 is 17.8 Å². The Morgan fingerprint density at radius 3 is 2.56 bits per heavy atom. The minimum atomic E-state index is -1.14. The number of nitrogens with one attached hydrogen (secondary N) is 2. The van der Waals surface area contributed by atoms with Crippen molar-refractivity contribution in [1.82, 2.24) is 15.5 Å². The Morgan fingerprint density at radius 2 is 2.00 bits per heavy atom. The molecule has 1 aromatic rings. The number of hydrogen-bond donors (Lipinski definition) is 3. The molecule has 134 valence electrons. The number of amides is 4. The summed E-state index contributed by atoms with van der Waals surface area (Å²) in [6, 6.07) is 6.05. The number of hydrogen-bond acceptors (Lipinski definition) is 5. The SMILES string of the molecule is CC1CN(C(=O)c2ccc(C3(C)NC(=O)NC3=O)cc2)CC(CO)O1. The minimum Gasteiger partial charge on any atom is -0.394 e. The third-order valence-electron chi connectivity index (χ3n) is 4.57. The number of morpholine rings is 1. The molecule has 1 aromatic carbocycles. The largest absolute Gasteiger partial charge is 0.394 e. The average Bonchev–Trinajstić information content (AvgIpc) is 2.86. The zero-order chi connectivity index (χ0) is 18.2. The van der Waals surface area contributed by atoms with Crippen LogP contribution in [-0.4, -0.2) is 59.8 Å². The summed E-state index contributed by atoms with van der Waals surface area (Å²) in [7, 11) is 0. The van der Waals surface area contributed by atoms with E-state index in [0.717, 1.165) is 0 Å². The molecule has 3 N–H and O–H groups in total. The predicted molar refractivity (Wildman–Crippen MR) is 87.8 cm³/mol. The molecule has 0 bridgehead atoms. The van der Waals surface area contributed by atoms with Crippen LogP contribution in [0, 0.1) is 0 Å². The van der Waals surface area contributed by atoms with E-state index in [9.17, 15) is 19.5 Å². The number of imide groups is 1. The molecule has 3 rings (SSSR count). The highest BCUT2D eigenvalue weighted by atomic mass is 16.5. The maximum Gasteiger partial charge on any atom is 0.322 e. The number of benzene rings is 1. The fourth-order valence-electron chi connectivity index (χ4n) is 3.19. The van der Waals surface area contributed by atoms with Gasteiger partial charge in [-0.25, -0.2) is 4.79 Å². The number of nitrogens with zero attached hydrogens (tertiary/aromatic N) is 1. The lowest BCUT2D eigenvalue weighted by Gasteiger charge is -2.36. The summed E-state index contributed by atoms with van der Waals surface area (Å²) in [4.78, 5) is 37.7. The Morgan fingerprint density at radius 1 is 1.32 bits per heavy atom. The predicted octanol–water partition coefficient (Wildman–Crippen LogP) is -0.0370. The number of carbonyl (C=O) groups is 3. The van der Waals surface area contributed by atoms with Crippen LogP contribution in [0.1, 0.15) is 29.8 Å². The highest BCUT2D eigenvalue weighted by Crippen LogP contribution is 2.25. The number of urea groups is 1. The van der Waals surface area contributed by atoms with E-state index in [1.807, 2.05) is 6.92 Å². The van der Waals surface area contributed by atoms with Crippen molar-refractivity contribution < 1.29 is 24.2 Å². The first-order chi connectivity index (χ1) is 11.8. The van der Waals surface area contributed by atoms with Crippen molar-refractivity contribution in [2.75, 3.05) is 19.7 Å². The number of rotatable bonds is 3. The quantitative estimate of drug-likeness (QED) is 0.665. The van der Waals surface area contributed by atoms with Gasteiger partial charge in [0.15, 0.2) is 0 Å². The van der Waals surface area contributed by atoms with E-state index in [0.29, 0.717) is 24.2 Å². The molecule has 0 aliphatic carbocycles. The standard InChI is InChI=1S/C17H21N3O5/c1-10-7-20(8-13(9-21)25-10)14(22)11-3-5-12(6-4-11)17(2)15(23)18-16(24)19-17/h3-6,10,13,21H,7-9H2,1-2H3,(H2,18,19,23,24). The summed E-state index contributed by atoms with van der Waals surface area (Å²) in [6.45, 7) is 4.11. The van der Waals surface area contributed by atoms with Gasteiger partial charge in [0.25, 0.3) is 11.8 Å². The molecule has 2 fully saturated rings. The van der Waals surface area contributed by atoms with E-state index in [-0.39, 0.29) is 24.7 Å². The summed E-state index contributed by atoms with van der Waals surface area (Å²) in [6.07, 6.45) is -0.534. The van der Waals surface area contributed by atoms with Gasteiger partial charge in [0, 0.05) is 18.7 Å². The monoisotopic (exact) mass is 347 g/mol. The third-order valence-corrected chi connectivity index (χ3v) is 4.57. The van der Waals surface area contributed by atoms with Crippen LogP contribution in [0.25, 0.3) is 0 Å². The number of carbonyl (C=O) groups excluding carboxylic acids is 3. The summed E-state index contributed by atoms with van der Waals surface area (Å²) in [5.41, 5.74) is -0.0763. The van der Waals surface area contributed by atoms with E-state index in [2.05, 4.69) is 10.6 Å². The molecule has 2 aliphatic heterocycles. The van der Waals surface area contributed by atoms with Crippen LogP contribution in [0.2, 0.25) is 0 Å². The molecule has 0 radical (unpaired) electrons. The van der Waals surface area contributed by atoms with Crippen LogP contribution in [-0.2, 0) is 15.1 Å². The normalized spacial score (nSPS) is 29.3. The lowest BCUT2D eigenvalue weighted by Crippen LogP contribution is -2.50. The maximum atomic E-state index is 12.7. The topological polar surface area (TPSA) is 108 Å². The molecular weight excluding hydrogens is 326 g/mol. The van der Waals surface area contributed by atoms with E-state index in [1.165, 1.54) is 0 Å².